The minimum absolute atomic E-state index is 0.0467. The summed E-state index contributed by atoms with van der Waals surface area (Å²) in [5.41, 5.74) is 0.351. The lowest BCUT2D eigenvalue weighted by atomic mass is 10.3. The van der Waals surface area contributed by atoms with E-state index in [-0.39, 0.29) is 11.9 Å². The number of rotatable bonds is 3. The number of hydrogen-bond acceptors (Lipinski definition) is 4. The zero-order chi connectivity index (χ0) is 11.5. The minimum atomic E-state index is -0.348. The highest BCUT2D eigenvalue weighted by molar-refractivity contribution is 5.32. The second-order valence-corrected chi connectivity index (χ2v) is 3.41. The van der Waals surface area contributed by atoms with E-state index in [4.69, 9.17) is 0 Å². The van der Waals surface area contributed by atoms with E-state index in [0.717, 1.165) is 0 Å². The molecule has 0 amide bonds. The molecule has 0 aliphatic carbocycles. The lowest BCUT2D eigenvalue weighted by molar-refractivity contribution is 0.566. The molecule has 84 valence electrons. The third kappa shape index (κ3) is 1.79. The molecule has 0 aliphatic heterocycles. The van der Waals surface area contributed by atoms with Crippen molar-refractivity contribution in [2.24, 2.45) is 0 Å². The Kier molecular flexibility index (Phi) is 2.91. The molecule has 0 fully saturated rings. The van der Waals surface area contributed by atoms with Crippen LogP contribution in [0.25, 0.3) is 5.69 Å². The Balaban J connectivity index is 2.49. The molecule has 0 spiro atoms. The minimum Gasteiger partial charge on any atom is -0.311 e. The van der Waals surface area contributed by atoms with Gasteiger partial charge in [-0.15, -0.1) is 5.10 Å². The number of tetrazole rings is 1. The summed E-state index contributed by atoms with van der Waals surface area (Å²) in [6.07, 6.45) is 0. The van der Waals surface area contributed by atoms with Crippen LogP contribution in [0.5, 0.6) is 0 Å². The Labute approximate surface area is 92.3 Å². The van der Waals surface area contributed by atoms with Gasteiger partial charge in [-0.05, 0) is 36.5 Å². The number of para-hydroxylation sites is 1. The van der Waals surface area contributed by atoms with Crippen molar-refractivity contribution in [1.29, 1.82) is 0 Å². The van der Waals surface area contributed by atoms with Crippen LogP contribution in [0.4, 0.5) is 4.39 Å². The van der Waals surface area contributed by atoms with Crippen molar-refractivity contribution >= 4 is 0 Å². The van der Waals surface area contributed by atoms with Gasteiger partial charge in [0.25, 0.3) is 0 Å². The number of halogens is 1. The summed E-state index contributed by atoms with van der Waals surface area (Å²) in [7, 11) is 1.80. The molecule has 1 atom stereocenters. The topological polar surface area (TPSA) is 55.6 Å². The summed E-state index contributed by atoms with van der Waals surface area (Å²) in [4.78, 5) is 0. The fourth-order valence-corrected chi connectivity index (χ4v) is 1.39. The number of hydrogen-bond donors (Lipinski definition) is 1. The highest BCUT2D eigenvalue weighted by atomic mass is 19.1. The fourth-order valence-electron chi connectivity index (χ4n) is 1.39. The zero-order valence-corrected chi connectivity index (χ0v) is 9.05. The van der Waals surface area contributed by atoms with Crippen LogP contribution >= 0.6 is 0 Å². The first-order chi connectivity index (χ1) is 7.74. The van der Waals surface area contributed by atoms with Gasteiger partial charge in [-0.2, -0.15) is 4.68 Å². The molecule has 0 radical (unpaired) electrons. The van der Waals surface area contributed by atoms with Crippen molar-refractivity contribution in [3.05, 3.63) is 35.9 Å². The van der Waals surface area contributed by atoms with Crippen LogP contribution in [0.1, 0.15) is 18.8 Å². The molecule has 1 aromatic carbocycles. The van der Waals surface area contributed by atoms with E-state index in [1.807, 2.05) is 6.92 Å². The molecule has 0 aliphatic rings. The smallest absolute Gasteiger partial charge is 0.173 e. The van der Waals surface area contributed by atoms with Gasteiger partial charge in [0, 0.05) is 0 Å². The van der Waals surface area contributed by atoms with Crippen molar-refractivity contribution < 1.29 is 4.39 Å². The normalized spacial score (nSPS) is 12.7. The average Bonchev–Trinajstić information content (AvgIpc) is 2.77. The first kappa shape index (κ1) is 10.7. The van der Waals surface area contributed by atoms with Crippen LogP contribution < -0.4 is 5.32 Å². The Morgan fingerprint density at radius 3 is 2.81 bits per heavy atom. The summed E-state index contributed by atoms with van der Waals surface area (Å²) < 4.78 is 15.0. The standard InChI is InChI=1S/C10H12FN5/c1-7(12-2)10-13-14-15-16(10)9-6-4-3-5-8(9)11/h3-7,12H,1-2H3. The molecule has 0 saturated carbocycles. The molecule has 1 unspecified atom stereocenters. The Bertz CT molecular complexity index is 482. The van der Waals surface area contributed by atoms with E-state index < -0.39 is 0 Å². The van der Waals surface area contributed by atoms with Gasteiger partial charge in [-0.3, -0.25) is 0 Å². The van der Waals surface area contributed by atoms with Crippen molar-refractivity contribution in [2.75, 3.05) is 7.05 Å². The maximum absolute atomic E-state index is 13.6. The summed E-state index contributed by atoms with van der Waals surface area (Å²) in [5.74, 6) is 0.229. The number of nitrogens with one attached hydrogen (secondary N) is 1. The van der Waals surface area contributed by atoms with Gasteiger partial charge in [-0.25, -0.2) is 4.39 Å². The lowest BCUT2D eigenvalue weighted by Gasteiger charge is -2.10. The van der Waals surface area contributed by atoms with E-state index in [0.29, 0.717) is 11.5 Å². The second kappa shape index (κ2) is 4.36. The third-order valence-corrected chi connectivity index (χ3v) is 2.39. The average molecular weight is 221 g/mol. The van der Waals surface area contributed by atoms with Gasteiger partial charge < -0.3 is 5.32 Å². The van der Waals surface area contributed by atoms with Crippen LogP contribution in [0.15, 0.2) is 24.3 Å². The van der Waals surface area contributed by atoms with Crippen LogP contribution in [-0.4, -0.2) is 27.3 Å². The van der Waals surface area contributed by atoms with Crippen LogP contribution in [-0.2, 0) is 0 Å². The first-order valence-electron chi connectivity index (χ1n) is 4.94. The Morgan fingerprint density at radius 2 is 2.12 bits per heavy atom. The summed E-state index contributed by atoms with van der Waals surface area (Å²) in [6.45, 7) is 1.91. The van der Waals surface area contributed by atoms with Gasteiger partial charge in [0.05, 0.1) is 6.04 Å². The van der Waals surface area contributed by atoms with Crippen molar-refractivity contribution in [3.63, 3.8) is 0 Å². The van der Waals surface area contributed by atoms with Gasteiger partial charge in [-0.1, -0.05) is 12.1 Å². The molecule has 5 nitrogen and oxygen atoms in total. The Morgan fingerprint density at radius 1 is 1.38 bits per heavy atom. The van der Waals surface area contributed by atoms with Crippen LogP contribution in [0.3, 0.4) is 0 Å². The predicted molar refractivity (Wildman–Crippen MR) is 56.6 cm³/mol. The number of benzene rings is 1. The SMILES string of the molecule is CNC(C)c1nnnn1-c1ccccc1F. The molecule has 16 heavy (non-hydrogen) atoms. The third-order valence-electron chi connectivity index (χ3n) is 2.39. The molecule has 2 rings (SSSR count). The van der Waals surface area contributed by atoms with Crippen LogP contribution in [0, 0.1) is 5.82 Å². The predicted octanol–water partition coefficient (Wildman–Crippen LogP) is 1.08. The van der Waals surface area contributed by atoms with Crippen molar-refractivity contribution in [1.82, 2.24) is 25.5 Å². The molecule has 2 aromatic rings. The van der Waals surface area contributed by atoms with E-state index in [1.54, 1.807) is 25.2 Å². The van der Waals surface area contributed by atoms with E-state index in [1.165, 1.54) is 10.7 Å². The monoisotopic (exact) mass is 221 g/mol. The molecular weight excluding hydrogens is 209 g/mol. The zero-order valence-electron chi connectivity index (χ0n) is 9.05. The molecule has 0 bridgehead atoms. The van der Waals surface area contributed by atoms with Crippen molar-refractivity contribution in [3.8, 4) is 5.69 Å². The van der Waals surface area contributed by atoms with Gasteiger partial charge in [0.15, 0.2) is 5.82 Å². The highest BCUT2D eigenvalue weighted by Crippen LogP contribution is 2.15. The highest BCUT2D eigenvalue weighted by Gasteiger charge is 2.15. The molecule has 0 saturated heterocycles. The molecule has 1 aromatic heterocycles. The maximum atomic E-state index is 13.6. The largest absolute Gasteiger partial charge is 0.311 e. The van der Waals surface area contributed by atoms with Gasteiger partial charge >= 0.3 is 0 Å². The summed E-state index contributed by atoms with van der Waals surface area (Å²) in [6, 6.07) is 6.34. The van der Waals surface area contributed by atoms with Gasteiger partial charge in [0.2, 0.25) is 0 Å². The molecule has 1 heterocycles. The quantitative estimate of drug-likeness (QED) is 0.842. The maximum Gasteiger partial charge on any atom is 0.173 e. The molecule has 1 N–H and O–H groups in total. The number of aromatic nitrogens is 4. The molecular formula is C10H12FN5. The van der Waals surface area contributed by atoms with E-state index in [2.05, 4.69) is 20.8 Å². The molecule has 6 heteroatoms. The van der Waals surface area contributed by atoms with Crippen molar-refractivity contribution in [2.45, 2.75) is 13.0 Å². The lowest BCUT2D eigenvalue weighted by Crippen LogP contribution is -2.18. The van der Waals surface area contributed by atoms with E-state index in [9.17, 15) is 4.39 Å². The summed E-state index contributed by atoms with van der Waals surface area (Å²) >= 11 is 0. The van der Waals surface area contributed by atoms with E-state index >= 15 is 0 Å². The van der Waals surface area contributed by atoms with Gasteiger partial charge in [0.1, 0.15) is 11.5 Å². The first-order valence-corrected chi connectivity index (χ1v) is 4.94. The fraction of sp³-hybridized carbons (Fsp3) is 0.300. The number of nitrogens with zero attached hydrogens (tertiary/aromatic N) is 4. The second-order valence-electron chi connectivity index (χ2n) is 3.41. The van der Waals surface area contributed by atoms with Crippen LogP contribution in [0.2, 0.25) is 0 Å². The Hall–Kier alpha value is -1.82. The summed E-state index contributed by atoms with van der Waals surface area (Å²) in [5, 5.41) is 14.2.